The zero-order valence-electron chi connectivity index (χ0n) is 4.66. The number of hydrogen-bond acceptors (Lipinski definition) is 2. The van der Waals surface area contributed by atoms with Crippen LogP contribution in [0.4, 0.5) is 0 Å². The zero-order valence-corrected chi connectivity index (χ0v) is 4.66. The summed E-state index contributed by atoms with van der Waals surface area (Å²) in [6.07, 6.45) is 7.73. The van der Waals surface area contributed by atoms with E-state index in [1.165, 1.54) is 6.08 Å². The number of aromatic amines is 1. The molecule has 1 rings (SSSR count). The summed E-state index contributed by atoms with van der Waals surface area (Å²) in [4.78, 5) is 16.3. The molecule has 0 saturated heterocycles. The van der Waals surface area contributed by atoms with E-state index in [1.54, 1.807) is 24.8 Å². The number of hydrogen-bond donors (Lipinski definition) is 1. The molecule has 0 amide bonds. The Kier molecular flexibility index (Phi) is 1.80. The van der Waals surface area contributed by atoms with Crippen LogP contribution in [-0.2, 0) is 4.79 Å². The Morgan fingerprint density at radius 1 is 1.78 bits per heavy atom. The second-order valence-electron chi connectivity index (χ2n) is 1.43. The van der Waals surface area contributed by atoms with Crippen LogP contribution in [0.2, 0.25) is 0 Å². The highest BCUT2D eigenvalue weighted by Crippen LogP contribution is 1.88. The molecule has 0 bridgehead atoms. The molecule has 3 heteroatoms. The summed E-state index contributed by atoms with van der Waals surface area (Å²) in [7, 11) is 0. The van der Waals surface area contributed by atoms with Gasteiger partial charge >= 0.3 is 0 Å². The van der Waals surface area contributed by atoms with Gasteiger partial charge in [0.05, 0.1) is 0 Å². The van der Waals surface area contributed by atoms with Crippen molar-refractivity contribution in [2.45, 2.75) is 0 Å². The van der Waals surface area contributed by atoms with Gasteiger partial charge < -0.3 is 4.98 Å². The molecule has 0 atom stereocenters. The lowest BCUT2D eigenvalue weighted by Gasteiger charge is -1.75. The van der Waals surface area contributed by atoms with Crippen LogP contribution in [0.25, 0.3) is 6.08 Å². The van der Waals surface area contributed by atoms with Gasteiger partial charge in [0.15, 0.2) is 0 Å². The highest BCUT2D eigenvalue weighted by atomic mass is 16.1. The van der Waals surface area contributed by atoms with Gasteiger partial charge in [-0.1, -0.05) is 0 Å². The molecule has 1 heterocycles. The van der Waals surface area contributed by atoms with E-state index < -0.39 is 0 Å². The lowest BCUT2D eigenvalue weighted by atomic mass is 10.5. The van der Waals surface area contributed by atoms with Crippen LogP contribution >= 0.6 is 0 Å². The number of imidazole rings is 1. The predicted molar refractivity (Wildman–Crippen MR) is 33.3 cm³/mol. The molecule has 0 unspecified atom stereocenters. The van der Waals surface area contributed by atoms with Crippen LogP contribution in [0, 0.1) is 0 Å². The molecule has 0 spiro atoms. The van der Waals surface area contributed by atoms with Crippen LogP contribution in [0.1, 0.15) is 5.82 Å². The van der Waals surface area contributed by atoms with E-state index in [0.717, 1.165) is 0 Å². The molecule has 1 N–H and O–H groups in total. The smallest absolute Gasteiger partial charge is 0.225 e. The van der Waals surface area contributed by atoms with E-state index >= 15 is 0 Å². The van der Waals surface area contributed by atoms with Gasteiger partial charge in [0, 0.05) is 12.4 Å². The summed E-state index contributed by atoms with van der Waals surface area (Å²) in [5.41, 5.74) is 0. The second-order valence-corrected chi connectivity index (χ2v) is 1.43. The molecule has 0 aliphatic carbocycles. The molecule has 0 aromatic carbocycles. The van der Waals surface area contributed by atoms with E-state index in [4.69, 9.17) is 0 Å². The molecule has 45 valence electrons. The first-order valence-electron chi connectivity index (χ1n) is 2.47. The first kappa shape index (κ1) is 5.75. The van der Waals surface area contributed by atoms with Gasteiger partial charge in [-0.2, -0.15) is 0 Å². The Hall–Kier alpha value is -1.38. The molecule has 1 radical (unpaired) electrons. The summed E-state index contributed by atoms with van der Waals surface area (Å²) in [5, 5.41) is 0. The SMILES string of the molecule is O=[C]C=Cc1ncc[nH]1. The second kappa shape index (κ2) is 2.81. The summed E-state index contributed by atoms with van der Waals surface area (Å²) in [6.45, 7) is 0. The van der Waals surface area contributed by atoms with E-state index in [-0.39, 0.29) is 0 Å². The van der Waals surface area contributed by atoms with E-state index in [0.29, 0.717) is 5.82 Å². The van der Waals surface area contributed by atoms with Crippen molar-refractivity contribution in [2.24, 2.45) is 0 Å². The molecule has 0 aliphatic heterocycles. The Morgan fingerprint density at radius 3 is 3.22 bits per heavy atom. The van der Waals surface area contributed by atoms with Gasteiger partial charge in [0.2, 0.25) is 6.29 Å². The fourth-order valence-electron chi connectivity index (χ4n) is 0.482. The minimum absolute atomic E-state index is 0.665. The lowest BCUT2D eigenvalue weighted by molar-refractivity contribution is 0.564. The standard InChI is InChI=1S/C6H5N2O/c9-5-1-2-6-7-3-4-8-6/h1-4H,(H,7,8). The van der Waals surface area contributed by atoms with Gasteiger partial charge in [-0.25, -0.2) is 4.98 Å². The minimum atomic E-state index is 0.665. The highest BCUT2D eigenvalue weighted by molar-refractivity contribution is 5.72. The van der Waals surface area contributed by atoms with Gasteiger partial charge in [-0.3, -0.25) is 4.79 Å². The van der Waals surface area contributed by atoms with E-state index in [9.17, 15) is 4.79 Å². The Bertz CT molecular complexity index is 201. The quantitative estimate of drug-likeness (QED) is 0.580. The molecule has 0 aliphatic rings. The van der Waals surface area contributed by atoms with Crippen molar-refractivity contribution in [3.8, 4) is 0 Å². The lowest BCUT2D eigenvalue weighted by Crippen LogP contribution is -1.71. The number of nitrogens with one attached hydrogen (secondary N) is 1. The average molecular weight is 121 g/mol. The number of carbonyl (C=O) groups excluding carboxylic acids is 1. The number of aromatic nitrogens is 2. The van der Waals surface area contributed by atoms with Crippen molar-refractivity contribution < 1.29 is 4.79 Å². The third-order valence-electron chi connectivity index (χ3n) is 0.829. The molecule has 1 aromatic rings. The predicted octanol–water partition coefficient (Wildman–Crippen LogP) is 0.533. The van der Waals surface area contributed by atoms with E-state index in [2.05, 4.69) is 9.97 Å². The van der Waals surface area contributed by atoms with Crippen molar-refractivity contribution in [2.75, 3.05) is 0 Å². The summed E-state index contributed by atoms with van der Waals surface area (Å²) in [5.74, 6) is 0.665. The first-order valence-corrected chi connectivity index (χ1v) is 2.47. The fraction of sp³-hybridized carbons (Fsp3) is 0. The molecule has 0 fully saturated rings. The largest absolute Gasteiger partial charge is 0.345 e. The maximum Gasteiger partial charge on any atom is 0.225 e. The third-order valence-corrected chi connectivity index (χ3v) is 0.829. The van der Waals surface area contributed by atoms with Crippen LogP contribution in [0.15, 0.2) is 18.5 Å². The monoisotopic (exact) mass is 121 g/mol. The number of allylic oxidation sites excluding steroid dienone is 1. The van der Waals surface area contributed by atoms with Crippen molar-refractivity contribution in [3.05, 3.63) is 24.3 Å². The van der Waals surface area contributed by atoms with Crippen LogP contribution in [-0.4, -0.2) is 16.3 Å². The number of rotatable bonds is 2. The zero-order chi connectivity index (χ0) is 6.53. The first-order chi connectivity index (χ1) is 4.43. The van der Waals surface area contributed by atoms with Crippen LogP contribution in [0.5, 0.6) is 0 Å². The number of H-pyrrole nitrogens is 1. The van der Waals surface area contributed by atoms with E-state index in [1.807, 2.05) is 0 Å². The number of nitrogens with zero attached hydrogens (tertiary/aromatic N) is 1. The van der Waals surface area contributed by atoms with Crippen molar-refractivity contribution >= 4 is 12.4 Å². The highest BCUT2D eigenvalue weighted by Gasteiger charge is 1.82. The average Bonchev–Trinajstić information content (AvgIpc) is 2.34. The maximum atomic E-state index is 9.65. The molecular weight excluding hydrogens is 116 g/mol. The maximum absolute atomic E-state index is 9.65. The van der Waals surface area contributed by atoms with Crippen molar-refractivity contribution in [3.63, 3.8) is 0 Å². The Balaban J connectivity index is 2.67. The van der Waals surface area contributed by atoms with Crippen molar-refractivity contribution in [1.29, 1.82) is 0 Å². The molecule has 0 saturated carbocycles. The Morgan fingerprint density at radius 2 is 2.67 bits per heavy atom. The molecular formula is C6H5N2O. The molecule has 1 aromatic heterocycles. The normalized spacial score (nSPS) is 10.2. The van der Waals surface area contributed by atoms with Crippen LogP contribution in [0.3, 0.4) is 0 Å². The summed E-state index contributed by atoms with van der Waals surface area (Å²) < 4.78 is 0. The van der Waals surface area contributed by atoms with Gasteiger partial charge in [-0.15, -0.1) is 0 Å². The van der Waals surface area contributed by atoms with Crippen molar-refractivity contribution in [1.82, 2.24) is 9.97 Å². The van der Waals surface area contributed by atoms with Gasteiger partial charge in [-0.05, 0) is 12.2 Å². The topological polar surface area (TPSA) is 45.8 Å². The molecule has 9 heavy (non-hydrogen) atoms. The summed E-state index contributed by atoms with van der Waals surface area (Å²) >= 11 is 0. The summed E-state index contributed by atoms with van der Waals surface area (Å²) in [6, 6.07) is 0. The van der Waals surface area contributed by atoms with Gasteiger partial charge in [0.1, 0.15) is 5.82 Å². The molecule has 3 nitrogen and oxygen atoms in total. The fourth-order valence-corrected chi connectivity index (χ4v) is 0.482. The van der Waals surface area contributed by atoms with Crippen LogP contribution < -0.4 is 0 Å². The minimum Gasteiger partial charge on any atom is -0.345 e. The Labute approximate surface area is 52.4 Å². The third kappa shape index (κ3) is 1.53. The van der Waals surface area contributed by atoms with Gasteiger partial charge in [0.25, 0.3) is 0 Å².